The average Bonchev–Trinajstić information content (AvgIpc) is 3.42. The van der Waals surface area contributed by atoms with Gasteiger partial charge in [-0.05, 0) is 89.9 Å². The van der Waals surface area contributed by atoms with Gasteiger partial charge in [0.25, 0.3) is 0 Å². The number of phosphoric ester groups is 1. The molecule has 0 spiro atoms. The summed E-state index contributed by atoms with van der Waals surface area (Å²) >= 11 is 0. The topological polar surface area (TPSA) is 134 Å². The Hall–Kier alpha value is -3.07. The zero-order valence-electron chi connectivity index (χ0n) is 49.7. The van der Waals surface area contributed by atoms with Gasteiger partial charge < -0.3 is 20.1 Å². The number of carbonyl (C=O) groups excluding carboxylic acids is 2. The van der Waals surface area contributed by atoms with Crippen LogP contribution in [0.3, 0.4) is 0 Å². The van der Waals surface area contributed by atoms with E-state index < -0.39 is 32.5 Å². The van der Waals surface area contributed by atoms with Gasteiger partial charge in [0.15, 0.2) is 6.10 Å². The summed E-state index contributed by atoms with van der Waals surface area (Å²) in [6.07, 6.45) is 83.8. The van der Waals surface area contributed by atoms with Crippen LogP contribution in [0.2, 0.25) is 0 Å². The molecule has 0 saturated carbocycles. The smallest absolute Gasteiger partial charge is 0.462 e. The summed E-state index contributed by atoms with van der Waals surface area (Å²) in [5.74, 6) is -0.871. The normalized spacial score (nSPS) is 13.7. The van der Waals surface area contributed by atoms with E-state index in [4.69, 9.17) is 24.3 Å². The maximum atomic E-state index is 12.7. The number of carbonyl (C=O) groups is 2. The number of esters is 2. The van der Waals surface area contributed by atoms with Crippen molar-refractivity contribution in [1.82, 2.24) is 0 Å². The molecule has 0 rings (SSSR count). The van der Waals surface area contributed by atoms with E-state index in [1.807, 2.05) is 0 Å². The van der Waals surface area contributed by atoms with Crippen molar-refractivity contribution in [3.8, 4) is 0 Å². The third-order valence-electron chi connectivity index (χ3n) is 13.5. The van der Waals surface area contributed by atoms with Crippen molar-refractivity contribution in [3.63, 3.8) is 0 Å². The van der Waals surface area contributed by atoms with E-state index in [0.717, 1.165) is 83.5 Å². The van der Waals surface area contributed by atoms with Crippen LogP contribution in [-0.2, 0) is 32.7 Å². The fourth-order valence-electron chi connectivity index (χ4n) is 8.86. The molecule has 0 saturated heterocycles. The second kappa shape index (κ2) is 62.1. The van der Waals surface area contributed by atoms with E-state index in [0.29, 0.717) is 12.8 Å². The number of hydrogen-bond acceptors (Lipinski definition) is 8. The van der Waals surface area contributed by atoms with Gasteiger partial charge in [0.05, 0.1) is 13.2 Å². The zero-order valence-corrected chi connectivity index (χ0v) is 50.6. The standard InChI is InChI=1S/C67H118NO8P/c1-3-5-7-9-11-13-15-17-19-20-21-22-23-24-25-26-27-28-29-30-31-32-33-34-35-36-37-38-39-40-41-42-43-44-46-48-50-52-54-56-58-60-67(70)76-65(64-75-77(71,72)74-62-61-68)63-73-66(69)59-57-55-53-51-49-47-45-18-16-14-12-10-8-6-4-2/h5-8,11-14,17-19,21-22,45,49,51,65H,3-4,9-10,15-16,20,23-44,46-48,50,52-64,68H2,1-2H3,(H,71,72)/b7-5-,8-6-,13-11-,14-12-,19-17-,22-21-,45-18-,51-49-. The van der Waals surface area contributed by atoms with E-state index in [-0.39, 0.29) is 32.6 Å². The summed E-state index contributed by atoms with van der Waals surface area (Å²) in [6, 6.07) is 0. The highest BCUT2D eigenvalue weighted by Crippen LogP contribution is 2.43. The monoisotopic (exact) mass is 1100 g/mol. The number of phosphoric acid groups is 1. The molecule has 77 heavy (non-hydrogen) atoms. The lowest BCUT2D eigenvalue weighted by molar-refractivity contribution is -0.161. The first kappa shape index (κ1) is 73.9. The number of ether oxygens (including phenoxy) is 2. The first-order valence-electron chi connectivity index (χ1n) is 31.7. The molecule has 9 nitrogen and oxygen atoms in total. The molecule has 0 radical (unpaired) electrons. The van der Waals surface area contributed by atoms with E-state index in [1.54, 1.807) is 0 Å². The van der Waals surface area contributed by atoms with Crippen LogP contribution in [0, 0.1) is 0 Å². The minimum Gasteiger partial charge on any atom is -0.462 e. The Kier molecular flexibility index (Phi) is 59.7. The molecule has 0 heterocycles. The average molecular weight is 1100 g/mol. The maximum absolute atomic E-state index is 12.7. The SMILES string of the molecule is CC/C=C\C/C=C\C/C=C\C/C=C\CCCCCCCCCCCCCCCCCCCCCCCCCCCCCCC(=O)OC(COC(=O)CCCC/C=C\C/C=C\C/C=C\C/C=C\CC)COP(=O)(O)OCCN. The van der Waals surface area contributed by atoms with Crippen molar-refractivity contribution in [2.75, 3.05) is 26.4 Å². The van der Waals surface area contributed by atoms with Gasteiger partial charge >= 0.3 is 19.8 Å². The molecule has 0 aliphatic carbocycles. The quantitative estimate of drug-likeness (QED) is 0.0264. The van der Waals surface area contributed by atoms with Gasteiger partial charge in [-0.2, -0.15) is 0 Å². The van der Waals surface area contributed by atoms with Crippen LogP contribution in [0.5, 0.6) is 0 Å². The maximum Gasteiger partial charge on any atom is 0.472 e. The van der Waals surface area contributed by atoms with Gasteiger partial charge in [0, 0.05) is 19.4 Å². The van der Waals surface area contributed by atoms with Crippen LogP contribution in [0.1, 0.15) is 284 Å². The first-order valence-corrected chi connectivity index (χ1v) is 33.2. The lowest BCUT2D eigenvalue weighted by atomic mass is 10.0. The Labute approximate surface area is 474 Å². The summed E-state index contributed by atoms with van der Waals surface area (Å²) in [6.45, 7) is 3.48. The van der Waals surface area contributed by atoms with Gasteiger partial charge in [0.1, 0.15) is 6.61 Å². The number of hydrogen-bond donors (Lipinski definition) is 2. The third kappa shape index (κ3) is 62.0. The minimum absolute atomic E-state index is 0.0456. The van der Waals surface area contributed by atoms with E-state index in [9.17, 15) is 19.0 Å². The lowest BCUT2D eigenvalue weighted by Gasteiger charge is -2.19. The fourth-order valence-corrected chi connectivity index (χ4v) is 9.62. The second-order valence-electron chi connectivity index (χ2n) is 20.9. The molecule has 10 heteroatoms. The van der Waals surface area contributed by atoms with Crippen LogP contribution in [0.25, 0.3) is 0 Å². The second-order valence-corrected chi connectivity index (χ2v) is 22.3. The largest absolute Gasteiger partial charge is 0.472 e. The molecule has 0 fully saturated rings. The Morgan fingerprint density at radius 2 is 0.675 bits per heavy atom. The highest BCUT2D eigenvalue weighted by Gasteiger charge is 2.26. The Morgan fingerprint density at radius 3 is 1.03 bits per heavy atom. The van der Waals surface area contributed by atoms with E-state index in [1.165, 1.54) is 161 Å². The molecule has 2 atom stereocenters. The molecule has 3 N–H and O–H groups in total. The lowest BCUT2D eigenvalue weighted by Crippen LogP contribution is -2.29. The van der Waals surface area contributed by atoms with Crippen LogP contribution < -0.4 is 5.73 Å². The van der Waals surface area contributed by atoms with Gasteiger partial charge in [0.2, 0.25) is 0 Å². The molecular weight excluding hydrogens is 978 g/mol. The van der Waals surface area contributed by atoms with Gasteiger partial charge in [-0.1, -0.05) is 278 Å². The molecule has 0 bridgehead atoms. The van der Waals surface area contributed by atoms with Crippen molar-refractivity contribution in [2.45, 2.75) is 290 Å². The number of rotatable bonds is 59. The van der Waals surface area contributed by atoms with E-state index >= 15 is 0 Å². The van der Waals surface area contributed by atoms with Crippen molar-refractivity contribution >= 4 is 19.8 Å². The summed E-state index contributed by atoms with van der Waals surface area (Å²) in [7, 11) is -4.40. The molecule has 2 unspecified atom stereocenters. The molecular formula is C67H118NO8P. The van der Waals surface area contributed by atoms with Crippen LogP contribution >= 0.6 is 7.82 Å². The Morgan fingerprint density at radius 1 is 0.390 bits per heavy atom. The highest BCUT2D eigenvalue weighted by molar-refractivity contribution is 7.47. The van der Waals surface area contributed by atoms with Gasteiger partial charge in [-0.15, -0.1) is 0 Å². The van der Waals surface area contributed by atoms with Crippen molar-refractivity contribution in [1.29, 1.82) is 0 Å². The third-order valence-corrected chi connectivity index (χ3v) is 14.4. The van der Waals surface area contributed by atoms with E-state index in [2.05, 4.69) is 111 Å². The van der Waals surface area contributed by atoms with Crippen molar-refractivity contribution in [3.05, 3.63) is 97.2 Å². The van der Waals surface area contributed by atoms with Gasteiger partial charge in [-0.3, -0.25) is 18.6 Å². The molecule has 0 aromatic rings. The number of nitrogens with two attached hydrogens (primary N) is 1. The van der Waals surface area contributed by atoms with Crippen molar-refractivity contribution in [2.24, 2.45) is 5.73 Å². The van der Waals surface area contributed by atoms with Gasteiger partial charge in [-0.25, -0.2) is 4.57 Å². The number of allylic oxidation sites excluding steroid dienone is 16. The van der Waals surface area contributed by atoms with Crippen molar-refractivity contribution < 1.29 is 37.6 Å². The summed E-state index contributed by atoms with van der Waals surface area (Å²) < 4.78 is 33.0. The molecule has 0 aromatic carbocycles. The minimum atomic E-state index is -4.40. The molecule has 444 valence electrons. The zero-order chi connectivity index (χ0) is 55.9. The fraction of sp³-hybridized carbons (Fsp3) is 0.731. The van der Waals surface area contributed by atoms with Crippen LogP contribution in [-0.4, -0.2) is 49.3 Å². The number of unbranched alkanes of at least 4 members (excludes halogenated alkanes) is 30. The predicted molar refractivity (Wildman–Crippen MR) is 330 cm³/mol. The summed E-state index contributed by atoms with van der Waals surface area (Å²) in [4.78, 5) is 35.1. The summed E-state index contributed by atoms with van der Waals surface area (Å²) in [5.41, 5.74) is 5.38. The van der Waals surface area contributed by atoms with Crippen LogP contribution in [0.4, 0.5) is 0 Å². The van der Waals surface area contributed by atoms with Crippen LogP contribution in [0.15, 0.2) is 97.2 Å². The first-order chi connectivity index (χ1) is 37.8. The Bertz CT molecular complexity index is 1580. The highest BCUT2D eigenvalue weighted by atomic mass is 31.2. The Balaban J connectivity index is 3.77. The molecule has 0 aliphatic rings. The molecule has 0 amide bonds. The molecule has 0 aliphatic heterocycles. The molecule has 0 aromatic heterocycles. The predicted octanol–water partition coefficient (Wildman–Crippen LogP) is 20.4. The summed E-state index contributed by atoms with van der Waals surface area (Å²) in [5, 5.41) is 0.